The molecule has 0 saturated carbocycles. The van der Waals surface area contributed by atoms with Crippen LogP contribution in [-0.4, -0.2) is 15.3 Å². The lowest BCUT2D eigenvalue weighted by atomic mass is 10.0. The molecule has 0 bridgehead atoms. The molecule has 30 heavy (non-hydrogen) atoms. The number of rotatable bonds is 5. The van der Waals surface area contributed by atoms with Gasteiger partial charge in [0, 0.05) is 28.0 Å². The zero-order valence-electron chi connectivity index (χ0n) is 17.0. The molecule has 6 heteroatoms. The van der Waals surface area contributed by atoms with Crippen LogP contribution in [0.3, 0.4) is 0 Å². The average Bonchev–Trinajstić information content (AvgIpc) is 3.16. The van der Waals surface area contributed by atoms with Crippen molar-refractivity contribution in [3.05, 3.63) is 85.7 Å². The second kappa shape index (κ2) is 8.17. The number of aryl methyl sites for hydroxylation is 3. The molecule has 2 aromatic carbocycles. The Morgan fingerprint density at radius 2 is 1.83 bits per heavy atom. The van der Waals surface area contributed by atoms with Gasteiger partial charge in [0.15, 0.2) is 5.78 Å². The molecule has 0 unspecified atom stereocenters. The minimum absolute atomic E-state index is 0.0245. The Morgan fingerprint density at radius 3 is 2.50 bits per heavy atom. The highest BCUT2D eigenvalue weighted by atomic mass is 35.5. The van der Waals surface area contributed by atoms with Crippen LogP contribution < -0.4 is 5.56 Å². The van der Waals surface area contributed by atoms with E-state index in [0.29, 0.717) is 33.0 Å². The predicted molar refractivity (Wildman–Crippen MR) is 124 cm³/mol. The zero-order valence-corrected chi connectivity index (χ0v) is 18.6. The summed E-state index contributed by atoms with van der Waals surface area (Å²) in [6, 6.07) is 13.0. The number of benzene rings is 2. The number of thiophene rings is 1. The predicted octanol–water partition coefficient (Wildman–Crippen LogP) is 5.84. The first-order valence-electron chi connectivity index (χ1n) is 9.76. The number of nitrogens with zero attached hydrogens (tertiary/aromatic N) is 2. The first-order valence-corrected chi connectivity index (χ1v) is 11.0. The van der Waals surface area contributed by atoms with Gasteiger partial charge in [-0.1, -0.05) is 42.8 Å². The molecule has 0 amide bonds. The van der Waals surface area contributed by atoms with Gasteiger partial charge in [-0.15, -0.1) is 11.3 Å². The van der Waals surface area contributed by atoms with Crippen molar-refractivity contribution in [2.24, 2.45) is 0 Å². The summed E-state index contributed by atoms with van der Waals surface area (Å²) >= 11 is 7.45. The van der Waals surface area contributed by atoms with Gasteiger partial charge in [0.2, 0.25) is 0 Å². The van der Waals surface area contributed by atoms with Crippen molar-refractivity contribution in [3.63, 3.8) is 0 Å². The molecular weight excluding hydrogens is 416 g/mol. The quantitative estimate of drug-likeness (QED) is 0.369. The van der Waals surface area contributed by atoms with E-state index in [2.05, 4.69) is 0 Å². The summed E-state index contributed by atoms with van der Waals surface area (Å²) in [5, 5.41) is 3.13. The smallest absolute Gasteiger partial charge is 0.263 e. The minimum atomic E-state index is -0.180. The third-order valence-corrected chi connectivity index (χ3v) is 6.50. The zero-order chi connectivity index (χ0) is 21.4. The number of fused-ring (bicyclic) bond motifs is 1. The Bertz CT molecular complexity index is 1320. The Kier molecular flexibility index (Phi) is 5.58. The van der Waals surface area contributed by atoms with Crippen LogP contribution in [0.4, 0.5) is 0 Å². The average molecular weight is 437 g/mol. The topological polar surface area (TPSA) is 52.0 Å². The summed E-state index contributed by atoms with van der Waals surface area (Å²) in [6.07, 6.45) is 0.569. The van der Waals surface area contributed by atoms with Crippen molar-refractivity contribution in [1.29, 1.82) is 0 Å². The molecule has 0 aliphatic carbocycles. The third-order valence-electron chi connectivity index (χ3n) is 5.37. The third kappa shape index (κ3) is 3.71. The monoisotopic (exact) mass is 436 g/mol. The largest absolute Gasteiger partial charge is 0.292 e. The lowest BCUT2D eigenvalue weighted by molar-refractivity contribution is 0.0969. The number of carbonyl (C=O) groups is 1. The molecule has 0 aliphatic heterocycles. The van der Waals surface area contributed by atoms with Gasteiger partial charge >= 0.3 is 0 Å². The van der Waals surface area contributed by atoms with Crippen molar-refractivity contribution >= 4 is 38.9 Å². The lowest BCUT2D eigenvalue weighted by Crippen LogP contribution is -2.28. The molecule has 0 radical (unpaired) electrons. The molecule has 0 saturated heterocycles. The van der Waals surface area contributed by atoms with Gasteiger partial charge in [-0.05, 0) is 48.7 Å². The van der Waals surface area contributed by atoms with E-state index in [4.69, 9.17) is 16.6 Å². The molecule has 0 aliphatic rings. The normalized spacial score (nSPS) is 11.2. The van der Waals surface area contributed by atoms with Gasteiger partial charge < -0.3 is 0 Å². The van der Waals surface area contributed by atoms with Gasteiger partial charge in [-0.25, -0.2) is 4.98 Å². The van der Waals surface area contributed by atoms with E-state index in [9.17, 15) is 9.59 Å². The summed E-state index contributed by atoms with van der Waals surface area (Å²) < 4.78 is 1.52. The molecule has 0 fully saturated rings. The Morgan fingerprint density at radius 1 is 1.10 bits per heavy atom. The molecule has 4 rings (SSSR count). The molecule has 0 spiro atoms. The van der Waals surface area contributed by atoms with Crippen molar-refractivity contribution < 1.29 is 4.79 Å². The molecule has 0 atom stereocenters. The Hall–Kier alpha value is -2.76. The number of carbonyl (C=O) groups excluding carboxylic acids is 1. The van der Waals surface area contributed by atoms with Gasteiger partial charge in [-0.2, -0.15) is 0 Å². The van der Waals surface area contributed by atoms with E-state index in [1.54, 1.807) is 12.1 Å². The van der Waals surface area contributed by atoms with E-state index < -0.39 is 0 Å². The van der Waals surface area contributed by atoms with Crippen LogP contribution in [-0.2, 0) is 13.0 Å². The van der Waals surface area contributed by atoms with E-state index in [1.165, 1.54) is 15.9 Å². The van der Waals surface area contributed by atoms with Crippen LogP contribution in [0.25, 0.3) is 21.3 Å². The molecule has 152 valence electrons. The first-order chi connectivity index (χ1) is 14.4. The highest BCUT2D eigenvalue weighted by Crippen LogP contribution is 2.31. The van der Waals surface area contributed by atoms with Crippen molar-refractivity contribution in [2.75, 3.05) is 0 Å². The van der Waals surface area contributed by atoms with Gasteiger partial charge in [-0.3, -0.25) is 14.2 Å². The van der Waals surface area contributed by atoms with Crippen molar-refractivity contribution in [2.45, 2.75) is 33.7 Å². The molecule has 4 aromatic rings. The molecular formula is C24H21ClN2O2S. The van der Waals surface area contributed by atoms with Crippen LogP contribution in [0.1, 0.15) is 34.2 Å². The van der Waals surface area contributed by atoms with E-state index in [1.807, 2.05) is 56.5 Å². The number of hydrogen-bond acceptors (Lipinski definition) is 4. The maximum absolute atomic E-state index is 13.5. The van der Waals surface area contributed by atoms with Crippen LogP contribution in [0, 0.1) is 13.8 Å². The maximum Gasteiger partial charge on any atom is 0.263 e. The SMILES string of the molecule is CCc1nc2scc(-c3ccc(Cl)cc3)c2c(=O)n1CC(=O)c1ccc(C)c(C)c1. The standard InChI is InChI=1S/C24H21ClN2O2S/c1-4-21-26-23-22(19(13-30-23)16-7-9-18(25)10-8-16)24(29)27(21)12-20(28)17-6-5-14(2)15(3)11-17/h5-11,13H,4,12H2,1-3H3. The fourth-order valence-corrected chi connectivity index (χ4v) is 4.57. The van der Waals surface area contributed by atoms with E-state index >= 15 is 0 Å². The summed E-state index contributed by atoms with van der Waals surface area (Å²) in [5.74, 6) is 0.522. The molecule has 2 heterocycles. The number of Topliss-reactive ketones (excluding diaryl/α,β-unsaturated/α-hetero) is 1. The van der Waals surface area contributed by atoms with E-state index in [-0.39, 0.29) is 17.9 Å². The molecule has 0 N–H and O–H groups in total. The van der Waals surface area contributed by atoms with Gasteiger partial charge in [0.1, 0.15) is 10.7 Å². The fraction of sp³-hybridized carbons (Fsp3) is 0.208. The van der Waals surface area contributed by atoms with Gasteiger partial charge in [0.05, 0.1) is 11.9 Å². The second-order valence-electron chi connectivity index (χ2n) is 7.33. The van der Waals surface area contributed by atoms with Crippen LogP contribution in [0.2, 0.25) is 5.02 Å². The summed E-state index contributed by atoms with van der Waals surface area (Å²) in [6.45, 7) is 5.91. The number of halogens is 1. The van der Waals surface area contributed by atoms with Gasteiger partial charge in [0.25, 0.3) is 5.56 Å². The Balaban J connectivity index is 1.82. The van der Waals surface area contributed by atoms with E-state index in [0.717, 1.165) is 22.3 Å². The second-order valence-corrected chi connectivity index (χ2v) is 8.63. The fourth-order valence-electron chi connectivity index (χ4n) is 3.49. The summed E-state index contributed by atoms with van der Waals surface area (Å²) in [5.41, 5.74) is 4.34. The lowest BCUT2D eigenvalue weighted by Gasteiger charge is -2.12. The van der Waals surface area contributed by atoms with Crippen LogP contribution in [0.5, 0.6) is 0 Å². The minimum Gasteiger partial charge on any atom is -0.292 e. The Labute approximate surface area is 183 Å². The van der Waals surface area contributed by atoms with Crippen molar-refractivity contribution in [1.82, 2.24) is 9.55 Å². The molecule has 2 aromatic heterocycles. The highest BCUT2D eigenvalue weighted by molar-refractivity contribution is 7.17. The molecule has 4 nitrogen and oxygen atoms in total. The maximum atomic E-state index is 13.5. The van der Waals surface area contributed by atoms with Crippen LogP contribution >= 0.6 is 22.9 Å². The number of aromatic nitrogens is 2. The number of ketones is 1. The number of hydrogen-bond donors (Lipinski definition) is 0. The van der Waals surface area contributed by atoms with Crippen molar-refractivity contribution in [3.8, 4) is 11.1 Å². The highest BCUT2D eigenvalue weighted by Gasteiger charge is 2.19. The summed E-state index contributed by atoms with van der Waals surface area (Å²) in [4.78, 5) is 31.8. The van der Waals surface area contributed by atoms with Crippen LogP contribution in [0.15, 0.2) is 52.6 Å². The first kappa shape index (κ1) is 20.5. The summed E-state index contributed by atoms with van der Waals surface area (Å²) in [7, 11) is 0.